The number of halogens is 5. The van der Waals surface area contributed by atoms with Gasteiger partial charge in [-0.15, -0.1) is 13.2 Å². The Bertz CT molecular complexity index is 368. The number of hydrogen-bond donors (Lipinski definition) is 1. The van der Waals surface area contributed by atoms with Gasteiger partial charge in [0.25, 0.3) is 0 Å². The van der Waals surface area contributed by atoms with E-state index in [4.69, 9.17) is 5.73 Å². The highest BCUT2D eigenvalue weighted by molar-refractivity contribution is 9.10. The maximum Gasteiger partial charge on any atom is 0.573 e. The van der Waals surface area contributed by atoms with Crippen molar-refractivity contribution in [3.8, 4) is 5.75 Å². The first-order chi connectivity index (χ1) is 6.85. The number of anilines is 1. The first-order valence-corrected chi connectivity index (χ1v) is 5.65. The first-order valence-electron chi connectivity index (χ1n) is 3.73. The van der Waals surface area contributed by atoms with Crippen molar-refractivity contribution in [1.29, 1.82) is 0 Å². The van der Waals surface area contributed by atoms with E-state index in [2.05, 4.69) is 36.6 Å². The van der Waals surface area contributed by atoms with Gasteiger partial charge in [0, 0.05) is 15.4 Å². The minimum Gasteiger partial charge on any atom is -0.403 e. The van der Waals surface area contributed by atoms with Crippen LogP contribution in [0.5, 0.6) is 5.75 Å². The summed E-state index contributed by atoms with van der Waals surface area (Å²) in [5, 5.41) is 0.232. The minimum absolute atomic E-state index is 0.0655. The predicted molar refractivity (Wildman–Crippen MR) is 57.9 cm³/mol. The van der Waals surface area contributed by atoms with Crippen molar-refractivity contribution in [3.63, 3.8) is 0 Å². The Kier molecular flexibility index (Phi) is 3.88. The van der Waals surface area contributed by atoms with Crippen molar-refractivity contribution < 1.29 is 17.9 Å². The number of hydrogen-bond acceptors (Lipinski definition) is 2. The molecular formula is C8H6Br2F3NO. The molecule has 0 bridgehead atoms. The molecule has 0 heterocycles. The number of benzene rings is 1. The Morgan fingerprint density at radius 3 is 2.40 bits per heavy atom. The fourth-order valence-corrected chi connectivity index (χ4v) is 1.72. The van der Waals surface area contributed by atoms with Crippen LogP contribution in [0.25, 0.3) is 0 Å². The second-order valence-electron chi connectivity index (χ2n) is 2.63. The van der Waals surface area contributed by atoms with Gasteiger partial charge in [0.1, 0.15) is 0 Å². The third-order valence-corrected chi connectivity index (χ3v) is 2.88. The quantitative estimate of drug-likeness (QED) is 0.651. The summed E-state index contributed by atoms with van der Waals surface area (Å²) in [6.07, 6.45) is -4.74. The Balaban J connectivity index is 3.18. The first kappa shape index (κ1) is 12.6. The van der Waals surface area contributed by atoms with Gasteiger partial charge < -0.3 is 10.5 Å². The molecule has 0 aliphatic rings. The Labute approximate surface area is 101 Å². The lowest BCUT2D eigenvalue weighted by atomic mass is 10.2. The van der Waals surface area contributed by atoms with Gasteiger partial charge >= 0.3 is 6.36 Å². The van der Waals surface area contributed by atoms with Crippen LogP contribution in [0.15, 0.2) is 16.6 Å². The van der Waals surface area contributed by atoms with E-state index in [0.717, 1.165) is 0 Å². The molecule has 0 unspecified atom stereocenters. The number of nitrogens with two attached hydrogens (primary N) is 1. The van der Waals surface area contributed by atoms with Crippen LogP contribution in [0, 0.1) is 0 Å². The normalized spacial score (nSPS) is 11.5. The molecule has 1 aromatic carbocycles. The average molecular weight is 349 g/mol. The van der Waals surface area contributed by atoms with Crippen LogP contribution in [0.4, 0.5) is 18.9 Å². The summed E-state index contributed by atoms with van der Waals surface area (Å²) in [5.41, 5.74) is 5.75. The summed E-state index contributed by atoms with van der Waals surface area (Å²) in [6, 6.07) is 3.06. The van der Waals surface area contributed by atoms with E-state index in [1.807, 2.05) is 0 Å². The Morgan fingerprint density at radius 1 is 1.33 bits per heavy atom. The summed E-state index contributed by atoms with van der Waals surface area (Å²) < 4.78 is 40.4. The zero-order valence-corrected chi connectivity index (χ0v) is 10.4. The van der Waals surface area contributed by atoms with E-state index < -0.39 is 6.36 Å². The molecule has 0 saturated carbocycles. The summed E-state index contributed by atoms with van der Waals surface area (Å²) in [6.45, 7) is 0. The number of rotatable bonds is 2. The molecule has 2 nitrogen and oxygen atoms in total. The summed E-state index contributed by atoms with van der Waals surface area (Å²) in [5.74, 6) is -0.367. The van der Waals surface area contributed by atoms with Crippen LogP contribution < -0.4 is 10.5 Å². The standard InChI is InChI=1S/C8H6Br2F3NO/c9-3-4-1-2-5(10)6(14)7(4)15-8(11,12)13/h1-2H,3,14H2. The van der Waals surface area contributed by atoms with E-state index in [0.29, 0.717) is 10.0 Å². The molecule has 84 valence electrons. The molecule has 0 aliphatic heterocycles. The van der Waals surface area contributed by atoms with Gasteiger partial charge in [0.05, 0.1) is 5.69 Å². The SMILES string of the molecule is Nc1c(Br)ccc(CBr)c1OC(F)(F)F. The van der Waals surface area contributed by atoms with E-state index in [1.54, 1.807) is 6.07 Å². The molecule has 0 amide bonds. The second-order valence-corrected chi connectivity index (χ2v) is 4.05. The van der Waals surface area contributed by atoms with Gasteiger partial charge in [0.2, 0.25) is 0 Å². The van der Waals surface area contributed by atoms with Crippen molar-refractivity contribution in [2.45, 2.75) is 11.7 Å². The van der Waals surface area contributed by atoms with Gasteiger partial charge in [-0.1, -0.05) is 22.0 Å². The fraction of sp³-hybridized carbons (Fsp3) is 0.250. The van der Waals surface area contributed by atoms with Gasteiger partial charge in [-0.25, -0.2) is 0 Å². The number of alkyl halides is 4. The van der Waals surface area contributed by atoms with Gasteiger partial charge in [-0.05, 0) is 22.0 Å². The molecule has 0 aliphatic carbocycles. The van der Waals surface area contributed by atoms with Crippen molar-refractivity contribution in [2.24, 2.45) is 0 Å². The van der Waals surface area contributed by atoms with E-state index in [1.165, 1.54) is 6.07 Å². The lowest BCUT2D eigenvalue weighted by Crippen LogP contribution is -2.19. The van der Waals surface area contributed by atoms with Crippen molar-refractivity contribution in [3.05, 3.63) is 22.2 Å². The molecule has 1 aromatic rings. The molecule has 15 heavy (non-hydrogen) atoms. The van der Waals surface area contributed by atoms with Gasteiger partial charge in [-0.3, -0.25) is 0 Å². The van der Waals surface area contributed by atoms with Crippen molar-refractivity contribution >= 4 is 37.5 Å². The maximum absolute atomic E-state index is 12.1. The van der Waals surface area contributed by atoms with E-state index >= 15 is 0 Å². The maximum atomic E-state index is 12.1. The number of nitrogen functional groups attached to an aromatic ring is 1. The Morgan fingerprint density at radius 2 is 1.93 bits per heavy atom. The molecule has 2 N–H and O–H groups in total. The molecule has 0 atom stereocenters. The third-order valence-electron chi connectivity index (χ3n) is 1.59. The average Bonchev–Trinajstić information content (AvgIpc) is 2.11. The van der Waals surface area contributed by atoms with E-state index in [9.17, 15) is 13.2 Å². The molecule has 7 heteroatoms. The molecule has 0 aromatic heterocycles. The van der Waals surface area contributed by atoms with Crippen LogP contribution in [0.3, 0.4) is 0 Å². The lowest BCUT2D eigenvalue weighted by molar-refractivity contribution is -0.274. The predicted octanol–water partition coefficient (Wildman–Crippen LogP) is 3.82. The third kappa shape index (κ3) is 3.27. The minimum atomic E-state index is -4.74. The molecular weight excluding hydrogens is 343 g/mol. The van der Waals surface area contributed by atoms with Crippen molar-refractivity contribution in [1.82, 2.24) is 0 Å². The summed E-state index contributed by atoms with van der Waals surface area (Å²) in [4.78, 5) is 0. The molecule has 1 rings (SSSR count). The monoisotopic (exact) mass is 347 g/mol. The van der Waals surface area contributed by atoms with Crippen LogP contribution in [-0.4, -0.2) is 6.36 Å². The summed E-state index contributed by atoms with van der Waals surface area (Å²) >= 11 is 6.09. The topological polar surface area (TPSA) is 35.2 Å². The molecule has 0 radical (unpaired) electrons. The van der Waals surface area contributed by atoms with E-state index in [-0.39, 0.29) is 16.8 Å². The highest BCUT2D eigenvalue weighted by atomic mass is 79.9. The molecule has 0 fully saturated rings. The zero-order chi connectivity index (χ0) is 11.6. The van der Waals surface area contributed by atoms with Gasteiger partial charge in [0.15, 0.2) is 5.75 Å². The zero-order valence-electron chi connectivity index (χ0n) is 7.24. The van der Waals surface area contributed by atoms with Gasteiger partial charge in [-0.2, -0.15) is 0 Å². The highest BCUT2D eigenvalue weighted by Gasteiger charge is 2.33. The van der Waals surface area contributed by atoms with Crippen LogP contribution in [0.2, 0.25) is 0 Å². The summed E-state index contributed by atoms with van der Waals surface area (Å²) in [7, 11) is 0. The Hall–Kier alpha value is -0.430. The van der Waals surface area contributed by atoms with Crippen LogP contribution in [-0.2, 0) is 5.33 Å². The number of ether oxygens (including phenoxy) is 1. The van der Waals surface area contributed by atoms with Crippen LogP contribution >= 0.6 is 31.9 Å². The second kappa shape index (κ2) is 4.61. The molecule has 0 saturated heterocycles. The van der Waals surface area contributed by atoms with Crippen LogP contribution in [0.1, 0.15) is 5.56 Å². The van der Waals surface area contributed by atoms with Crippen molar-refractivity contribution in [2.75, 3.05) is 5.73 Å². The molecule has 0 spiro atoms. The lowest BCUT2D eigenvalue weighted by Gasteiger charge is -2.15. The highest BCUT2D eigenvalue weighted by Crippen LogP contribution is 2.37. The largest absolute Gasteiger partial charge is 0.573 e. The fourth-order valence-electron chi connectivity index (χ4n) is 0.962. The smallest absolute Gasteiger partial charge is 0.403 e.